The summed E-state index contributed by atoms with van der Waals surface area (Å²) in [5.41, 5.74) is -0.0565. The smallest absolute Gasteiger partial charge is 0.154 e. The van der Waals surface area contributed by atoms with Crippen LogP contribution in [0.5, 0.6) is 0 Å². The Labute approximate surface area is 97.0 Å². The molecule has 0 aromatic carbocycles. The van der Waals surface area contributed by atoms with Crippen LogP contribution in [0.3, 0.4) is 0 Å². The molecule has 2 atom stereocenters. The first-order valence-corrected chi connectivity index (χ1v) is 5.83. The summed E-state index contributed by atoms with van der Waals surface area (Å²) < 4.78 is 2.28. The summed E-state index contributed by atoms with van der Waals surface area (Å²) in [5, 5.41) is 21.8. The van der Waals surface area contributed by atoms with E-state index in [1.54, 1.807) is 11.7 Å². The van der Waals surface area contributed by atoms with Crippen molar-refractivity contribution in [2.75, 3.05) is 13.1 Å². The second kappa shape index (κ2) is 3.84. The predicted octanol–water partition coefficient (Wildman–Crippen LogP) is 0.395. The number of aliphatic hydroxyl groups is 1. The number of nitrogens with zero attached hydrogens (tertiary/aromatic N) is 3. The number of nitrogens with one attached hydrogen (secondary N) is 1. The van der Waals surface area contributed by atoms with E-state index in [9.17, 15) is 5.11 Å². The van der Waals surface area contributed by atoms with Gasteiger partial charge in [0.15, 0.2) is 4.60 Å². The van der Waals surface area contributed by atoms with E-state index >= 15 is 0 Å². The Kier molecular flexibility index (Phi) is 2.83. The van der Waals surface area contributed by atoms with Crippen LogP contribution in [0, 0.1) is 5.92 Å². The number of piperidine rings is 1. The van der Waals surface area contributed by atoms with Crippen LogP contribution >= 0.6 is 15.9 Å². The van der Waals surface area contributed by atoms with Gasteiger partial charge < -0.3 is 10.4 Å². The Hall–Kier alpha value is -0.460. The number of rotatable bonds is 1. The minimum Gasteiger partial charge on any atom is -0.383 e. The molecule has 1 fully saturated rings. The standard InChI is InChI=1S/C9H15BrN4O/c1-6-5-11-4-3-9(6,15)7-8(10)12-13-14(7)2/h6,11,15H,3-5H2,1-2H3. The van der Waals surface area contributed by atoms with E-state index in [0.29, 0.717) is 11.0 Å². The summed E-state index contributed by atoms with van der Waals surface area (Å²) in [7, 11) is 1.81. The van der Waals surface area contributed by atoms with Crippen LogP contribution in [-0.4, -0.2) is 33.2 Å². The van der Waals surface area contributed by atoms with Gasteiger partial charge in [-0.1, -0.05) is 12.1 Å². The molecule has 2 heterocycles. The van der Waals surface area contributed by atoms with E-state index in [1.165, 1.54) is 0 Å². The van der Waals surface area contributed by atoms with Gasteiger partial charge >= 0.3 is 0 Å². The molecule has 0 saturated carbocycles. The summed E-state index contributed by atoms with van der Waals surface area (Å²) in [6, 6.07) is 0. The van der Waals surface area contributed by atoms with Gasteiger partial charge in [-0.2, -0.15) is 0 Å². The van der Waals surface area contributed by atoms with Crippen LogP contribution in [0.4, 0.5) is 0 Å². The van der Waals surface area contributed by atoms with Crippen molar-refractivity contribution in [1.82, 2.24) is 20.3 Å². The van der Waals surface area contributed by atoms with E-state index in [1.807, 2.05) is 6.92 Å². The lowest BCUT2D eigenvalue weighted by atomic mass is 9.80. The maximum absolute atomic E-state index is 10.7. The zero-order valence-electron chi connectivity index (χ0n) is 8.87. The van der Waals surface area contributed by atoms with Gasteiger partial charge in [0, 0.05) is 19.5 Å². The van der Waals surface area contributed by atoms with Crippen molar-refractivity contribution in [1.29, 1.82) is 0 Å². The summed E-state index contributed by atoms with van der Waals surface area (Å²) >= 11 is 3.34. The van der Waals surface area contributed by atoms with Crippen LogP contribution in [0.25, 0.3) is 0 Å². The molecule has 2 rings (SSSR count). The molecular formula is C9H15BrN4O. The van der Waals surface area contributed by atoms with Gasteiger partial charge in [0.05, 0.1) is 0 Å². The van der Waals surface area contributed by atoms with Crippen molar-refractivity contribution < 1.29 is 5.11 Å². The molecular weight excluding hydrogens is 260 g/mol. The molecule has 2 N–H and O–H groups in total. The molecule has 0 aliphatic carbocycles. The van der Waals surface area contributed by atoms with Gasteiger partial charge in [-0.05, 0) is 28.9 Å². The second-order valence-corrected chi connectivity index (χ2v) is 4.88. The van der Waals surface area contributed by atoms with E-state index in [4.69, 9.17) is 0 Å². The molecule has 15 heavy (non-hydrogen) atoms. The first-order valence-electron chi connectivity index (χ1n) is 5.04. The largest absolute Gasteiger partial charge is 0.383 e. The molecule has 0 amide bonds. The normalized spacial score (nSPS) is 31.9. The average molecular weight is 275 g/mol. The summed E-state index contributed by atoms with van der Waals surface area (Å²) in [6.07, 6.45) is 0.688. The SMILES string of the molecule is CC1CNCCC1(O)c1c(Br)nnn1C. The monoisotopic (exact) mass is 274 g/mol. The average Bonchev–Trinajstić information content (AvgIpc) is 2.52. The van der Waals surface area contributed by atoms with Crippen LogP contribution in [0.2, 0.25) is 0 Å². The minimum absolute atomic E-state index is 0.153. The van der Waals surface area contributed by atoms with Crippen molar-refractivity contribution in [3.63, 3.8) is 0 Å². The number of aryl methyl sites for hydroxylation is 1. The van der Waals surface area contributed by atoms with Gasteiger partial charge in [0.25, 0.3) is 0 Å². The van der Waals surface area contributed by atoms with Gasteiger partial charge in [-0.25, -0.2) is 4.68 Å². The number of hydrogen-bond donors (Lipinski definition) is 2. The number of halogens is 1. The fourth-order valence-corrected chi connectivity index (χ4v) is 2.83. The minimum atomic E-state index is -0.831. The molecule has 5 nitrogen and oxygen atoms in total. The Bertz CT molecular complexity index is 347. The summed E-state index contributed by atoms with van der Waals surface area (Å²) in [6.45, 7) is 3.66. The molecule has 2 unspecified atom stereocenters. The van der Waals surface area contributed by atoms with Gasteiger partial charge in [-0.3, -0.25) is 0 Å². The highest BCUT2D eigenvalue weighted by Crippen LogP contribution is 2.37. The molecule has 1 aromatic heterocycles. The highest BCUT2D eigenvalue weighted by molar-refractivity contribution is 9.10. The van der Waals surface area contributed by atoms with Crippen molar-refractivity contribution >= 4 is 15.9 Å². The molecule has 1 saturated heterocycles. The van der Waals surface area contributed by atoms with Crippen LogP contribution in [-0.2, 0) is 12.6 Å². The fraction of sp³-hybridized carbons (Fsp3) is 0.778. The van der Waals surface area contributed by atoms with Crippen molar-refractivity contribution in [3.05, 3.63) is 10.3 Å². The Morgan fingerprint density at radius 1 is 1.67 bits per heavy atom. The Balaban J connectivity index is 2.43. The van der Waals surface area contributed by atoms with Crippen molar-refractivity contribution in [2.45, 2.75) is 18.9 Å². The zero-order chi connectivity index (χ0) is 11.1. The topological polar surface area (TPSA) is 63.0 Å². The third kappa shape index (κ3) is 1.70. The summed E-state index contributed by atoms with van der Waals surface area (Å²) in [5.74, 6) is 0.153. The fourth-order valence-electron chi connectivity index (χ4n) is 2.16. The molecule has 1 aromatic rings. The van der Waals surface area contributed by atoms with Crippen molar-refractivity contribution in [2.24, 2.45) is 13.0 Å². The Morgan fingerprint density at radius 2 is 2.40 bits per heavy atom. The third-order valence-corrected chi connectivity index (χ3v) is 3.68. The molecule has 6 heteroatoms. The number of hydrogen-bond acceptors (Lipinski definition) is 4. The molecule has 0 spiro atoms. The van der Waals surface area contributed by atoms with Gasteiger partial charge in [0.1, 0.15) is 11.3 Å². The summed E-state index contributed by atoms with van der Waals surface area (Å²) in [4.78, 5) is 0. The predicted molar refractivity (Wildman–Crippen MR) is 59.3 cm³/mol. The lowest BCUT2D eigenvalue weighted by molar-refractivity contribution is -0.0464. The second-order valence-electron chi connectivity index (χ2n) is 4.13. The highest BCUT2D eigenvalue weighted by atomic mass is 79.9. The lowest BCUT2D eigenvalue weighted by Gasteiger charge is -2.38. The molecule has 1 aliphatic heterocycles. The first kappa shape index (κ1) is 11.0. The van der Waals surface area contributed by atoms with E-state index in [2.05, 4.69) is 31.6 Å². The number of aromatic nitrogens is 3. The maximum atomic E-state index is 10.7. The van der Waals surface area contributed by atoms with Crippen LogP contribution in [0.1, 0.15) is 19.0 Å². The lowest BCUT2D eigenvalue weighted by Crippen LogP contribution is -2.48. The van der Waals surface area contributed by atoms with Crippen molar-refractivity contribution in [3.8, 4) is 0 Å². The molecule has 0 bridgehead atoms. The molecule has 84 valence electrons. The van der Waals surface area contributed by atoms with Gasteiger partial charge in [0.2, 0.25) is 0 Å². The quantitative estimate of drug-likeness (QED) is 0.778. The zero-order valence-corrected chi connectivity index (χ0v) is 10.5. The first-order chi connectivity index (χ1) is 7.05. The molecule has 0 radical (unpaired) electrons. The van der Waals surface area contributed by atoms with Crippen LogP contribution in [0.15, 0.2) is 4.60 Å². The van der Waals surface area contributed by atoms with Gasteiger partial charge in [-0.15, -0.1) is 5.10 Å². The van der Waals surface area contributed by atoms with E-state index < -0.39 is 5.60 Å². The van der Waals surface area contributed by atoms with Crippen LogP contribution < -0.4 is 5.32 Å². The highest BCUT2D eigenvalue weighted by Gasteiger charge is 2.42. The van der Waals surface area contributed by atoms with E-state index in [0.717, 1.165) is 18.8 Å². The Morgan fingerprint density at radius 3 is 2.93 bits per heavy atom. The third-order valence-electron chi connectivity index (χ3n) is 3.14. The van der Waals surface area contributed by atoms with E-state index in [-0.39, 0.29) is 5.92 Å². The maximum Gasteiger partial charge on any atom is 0.154 e. The molecule has 1 aliphatic rings.